The molecule has 0 spiro atoms. The first-order chi connectivity index (χ1) is 13.4. The summed E-state index contributed by atoms with van der Waals surface area (Å²) < 4.78 is 1.84. The van der Waals surface area contributed by atoms with Crippen LogP contribution in [-0.4, -0.2) is 44.4 Å². The summed E-state index contributed by atoms with van der Waals surface area (Å²) in [6, 6.07) is 0. The summed E-state index contributed by atoms with van der Waals surface area (Å²) in [5.74, 6) is -0.160. The average Bonchev–Trinajstić information content (AvgIpc) is 3.09. The highest BCUT2D eigenvalue weighted by atomic mass is 32.2. The van der Waals surface area contributed by atoms with Crippen molar-refractivity contribution in [3.8, 4) is 0 Å². The lowest BCUT2D eigenvalue weighted by Crippen LogP contribution is -2.34. The van der Waals surface area contributed by atoms with Crippen molar-refractivity contribution in [3.63, 3.8) is 0 Å². The van der Waals surface area contributed by atoms with Gasteiger partial charge in [0.05, 0.1) is 17.5 Å². The molecule has 0 saturated carbocycles. The molecule has 0 aromatic carbocycles. The molecule has 3 heterocycles. The maximum Gasteiger partial charge on any atom is 0.252 e. The molecule has 0 saturated heterocycles. The second-order valence-electron chi connectivity index (χ2n) is 7.11. The topological polar surface area (TPSA) is 116 Å². The van der Waals surface area contributed by atoms with Gasteiger partial charge in [0.1, 0.15) is 0 Å². The van der Waals surface area contributed by atoms with Crippen molar-refractivity contribution in [1.82, 2.24) is 25.1 Å². The number of hydrogen-bond acceptors (Lipinski definition) is 6. The lowest BCUT2D eigenvalue weighted by Gasteiger charge is -2.24. The number of nitrogens with zero attached hydrogens (tertiary/aromatic N) is 4. The second-order valence-corrected chi connectivity index (χ2v) is 7.89. The molecule has 1 aliphatic rings. The second kappa shape index (κ2) is 8.72. The van der Waals surface area contributed by atoms with Crippen LogP contribution in [0.4, 0.5) is 0 Å². The van der Waals surface area contributed by atoms with E-state index in [9.17, 15) is 9.59 Å². The minimum atomic E-state index is -0.452. The van der Waals surface area contributed by atoms with Crippen molar-refractivity contribution in [1.29, 1.82) is 0 Å². The van der Waals surface area contributed by atoms with Crippen LogP contribution >= 0.6 is 11.8 Å². The fraction of sp³-hybridized carbons (Fsp3) is 0.526. The Labute approximate surface area is 168 Å². The SMILES string of the molecule is CSc1nc(C)c(CCC(=O)NCC2CCn3ncc(C(N)=O)c3C2)c(C)n1. The highest BCUT2D eigenvalue weighted by Crippen LogP contribution is 2.22. The number of rotatable bonds is 7. The van der Waals surface area contributed by atoms with Crippen molar-refractivity contribution in [2.45, 2.75) is 51.2 Å². The quantitative estimate of drug-likeness (QED) is 0.534. The van der Waals surface area contributed by atoms with Crippen LogP contribution in [0.5, 0.6) is 0 Å². The van der Waals surface area contributed by atoms with Crippen molar-refractivity contribution < 1.29 is 9.59 Å². The van der Waals surface area contributed by atoms with E-state index in [2.05, 4.69) is 20.4 Å². The Morgan fingerprint density at radius 3 is 2.68 bits per heavy atom. The number of aryl methyl sites for hydroxylation is 3. The summed E-state index contributed by atoms with van der Waals surface area (Å²) in [6.45, 7) is 5.25. The zero-order chi connectivity index (χ0) is 20.3. The zero-order valence-corrected chi connectivity index (χ0v) is 17.3. The van der Waals surface area contributed by atoms with Gasteiger partial charge in [-0.05, 0) is 50.8 Å². The number of hydrogen-bond donors (Lipinski definition) is 2. The molecular weight excluding hydrogens is 376 g/mol. The Balaban J connectivity index is 1.51. The summed E-state index contributed by atoms with van der Waals surface area (Å²) in [5.41, 5.74) is 9.68. The van der Waals surface area contributed by atoms with Crippen LogP contribution in [0.1, 0.15) is 45.8 Å². The molecule has 2 aromatic rings. The number of aromatic nitrogens is 4. The molecule has 0 aliphatic carbocycles. The van der Waals surface area contributed by atoms with Gasteiger partial charge in [0.15, 0.2) is 5.16 Å². The Bertz CT molecular complexity index is 872. The maximum atomic E-state index is 12.3. The molecule has 28 heavy (non-hydrogen) atoms. The lowest BCUT2D eigenvalue weighted by molar-refractivity contribution is -0.121. The summed E-state index contributed by atoms with van der Waals surface area (Å²) >= 11 is 1.52. The highest BCUT2D eigenvalue weighted by Gasteiger charge is 2.24. The number of thioether (sulfide) groups is 1. The first kappa shape index (κ1) is 20.3. The number of nitrogens with two attached hydrogens (primary N) is 1. The van der Waals surface area contributed by atoms with Crippen molar-refractivity contribution in [3.05, 3.63) is 34.4 Å². The predicted octanol–water partition coefficient (Wildman–Crippen LogP) is 1.42. The van der Waals surface area contributed by atoms with Gasteiger partial charge in [-0.2, -0.15) is 5.10 Å². The van der Waals surface area contributed by atoms with Gasteiger partial charge >= 0.3 is 0 Å². The third-order valence-electron chi connectivity index (χ3n) is 5.22. The van der Waals surface area contributed by atoms with Crippen LogP contribution in [0.15, 0.2) is 11.4 Å². The Hall–Kier alpha value is -2.42. The molecule has 9 heteroatoms. The van der Waals surface area contributed by atoms with E-state index in [1.54, 1.807) is 0 Å². The molecule has 8 nitrogen and oxygen atoms in total. The summed E-state index contributed by atoms with van der Waals surface area (Å²) in [4.78, 5) is 32.8. The summed E-state index contributed by atoms with van der Waals surface area (Å²) in [5, 5.41) is 8.00. The number of carbonyl (C=O) groups is 2. The molecule has 0 fully saturated rings. The highest BCUT2D eigenvalue weighted by molar-refractivity contribution is 7.98. The fourth-order valence-electron chi connectivity index (χ4n) is 3.63. The third-order valence-corrected chi connectivity index (χ3v) is 5.77. The average molecular weight is 403 g/mol. The number of amides is 2. The molecule has 1 unspecified atom stereocenters. The number of carbonyl (C=O) groups excluding carboxylic acids is 2. The minimum absolute atomic E-state index is 0.0157. The summed E-state index contributed by atoms with van der Waals surface area (Å²) in [7, 11) is 0. The molecule has 1 atom stereocenters. The number of primary amides is 1. The first-order valence-electron chi connectivity index (χ1n) is 9.38. The van der Waals surface area contributed by atoms with E-state index in [1.165, 1.54) is 18.0 Å². The van der Waals surface area contributed by atoms with Gasteiger partial charge in [-0.1, -0.05) is 11.8 Å². The Kier molecular flexibility index (Phi) is 6.33. The van der Waals surface area contributed by atoms with E-state index in [4.69, 9.17) is 5.73 Å². The van der Waals surface area contributed by atoms with Crippen molar-refractivity contribution in [2.75, 3.05) is 12.8 Å². The number of nitrogens with one attached hydrogen (secondary N) is 1. The van der Waals surface area contributed by atoms with Crippen molar-refractivity contribution >= 4 is 23.6 Å². The molecule has 2 amide bonds. The third kappa shape index (κ3) is 4.52. The van der Waals surface area contributed by atoms with Gasteiger partial charge in [0.25, 0.3) is 5.91 Å². The molecule has 2 aromatic heterocycles. The van der Waals surface area contributed by atoms with Gasteiger partial charge < -0.3 is 11.1 Å². The molecule has 3 rings (SSSR count). The Morgan fingerprint density at radius 2 is 2.04 bits per heavy atom. The monoisotopic (exact) mass is 402 g/mol. The summed E-state index contributed by atoms with van der Waals surface area (Å²) in [6.07, 6.45) is 6.12. The normalized spacial score (nSPS) is 15.9. The smallest absolute Gasteiger partial charge is 0.252 e. The van der Waals surface area contributed by atoms with E-state index < -0.39 is 5.91 Å². The van der Waals surface area contributed by atoms with Crippen LogP contribution in [0.3, 0.4) is 0 Å². The molecule has 0 bridgehead atoms. The van der Waals surface area contributed by atoms with Gasteiger partial charge in [0, 0.05) is 30.9 Å². The van der Waals surface area contributed by atoms with Crippen molar-refractivity contribution in [2.24, 2.45) is 11.7 Å². The number of fused-ring (bicyclic) bond motifs is 1. The van der Waals surface area contributed by atoms with E-state index in [-0.39, 0.29) is 11.8 Å². The fourth-order valence-corrected chi connectivity index (χ4v) is 4.08. The van der Waals surface area contributed by atoms with Gasteiger partial charge in [-0.25, -0.2) is 9.97 Å². The minimum Gasteiger partial charge on any atom is -0.365 e. The van der Waals surface area contributed by atoms with Gasteiger partial charge in [0.2, 0.25) is 5.91 Å². The first-order valence-corrected chi connectivity index (χ1v) is 10.6. The predicted molar refractivity (Wildman–Crippen MR) is 107 cm³/mol. The van der Waals surface area contributed by atoms with Crippen LogP contribution in [-0.2, 0) is 24.2 Å². The molecule has 0 radical (unpaired) electrons. The maximum absolute atomic E-state index is 12.3. The van der Waals surface area contributed by atoms with E-state index in [1.807, 2.05) is 24.8 Å². The van der Waals surface area contributed by atoms with E-state index in [0.717, 1.165) is 40.8 Å². The molecule has 1 aliphatic heterocycles. The van der Waals surface area contributed by atoms with Crippen LogP contribution in [0, 0.1) is 19.8 Å². The van der Waals surface area contributed by atoms with E-state index in [0.29, 0.717) is 31.4 Å². The molecular formula is C19H26N6O2S. The lowest BCUT2D eigenvalue weighted by atomic mass is 9.94. The Morgan fingerprint density at radius 1 is 1.32 bits per heavy atom. The standard InChI is InChI=1S/C19H26N6O2S/c1-11-14(12(2)24-19(23-11)28-3)4-5-17(26)21-9-13-6-7-25-16(8-13)15(10-22-25)18(20)27/h10,13H,4-9H2,1-3H3,(H2,20,27)(H,21,26). The largest absolute Gasteiger partial charge is 0.365 e. The van der Waals surface area contributed by atoms with Crippen LogP contribution < -0.4 is 11.1 Å². The van der Waals surface area contributed by atoms with Crippen LogP contribution in [0.25, 0.3) is 0 Å². The van der Waals surface area contributed by atoms with Gasteiger partial charge in [-0.15, -0.1) is 0 Å². The molecule has 3 N–H and O–H groups in total. The molecule has 150 valence electrons. The van der Waals surface area contributed by atoms with Gasteiger partial charge in [-0.3, -0.25) is 14.3 Å². The van der Waals surface area contributed by atoms with Crippen LogP contribution in [0.2, 0.25) is 0 Å². The zero-order valence-electron chi connectivity index (χ0n) is 16.5. The van der Waals surface area contributed by atoms with E-state index >= 15 is 0 Å².